The average Bonchev–Trinajstić information content (AvgIpc) is 2.95. The van der Waals surface area contributed by atoms with Gasteiger partial charge in [-0.3, -0.25) is 4.79 Å². The van der Waals surface area contributed by atoms with Gasteiger partial charge in [0.15, 0.2) is 0 Å². The lowest BCUT2D eigenvalue weighted by molar-refractivity contribution is -0.134. The fourth-order valence-electron chi connectivity index (χ4n) is 3.76. The van der Waals surface area contributed by atoms with Crippen LogP contribution in [0.4, 0.5) is 4.79 Å². The first-order chi connectivity index (χ1) is 10.7. The van der Waals surface area contributed by atoms with E-state index >= 15 is 0 Å². The second-order valence-corrected chi connectivity index (χ2v) is 6.47. The summed E-state index contributed by atoms with van der Waals surface area (Å²) in [7, 11) is 0. The molecule has 2 saturated heterocycles. The molecule has 3 aliphatic rings. The molecular weight excluding hydrogens is 282 g/mol. The van der Waals surface area contributed by atoms with Crippen molar-refractivity contribution in [3.8, 4) is 0 Å². The van der Waals surface area contributed by atoms with Crippen molar-refractivity contribution >= 4 is 11.9 Å². The van der Waals surface area contributed by atoms with Crippen LogP contribution >= 0.6 is 0 Å². The van der Waals surface area contributed by atoms with Crippen LogP contribution < -0.4 is 5.32 Å². The normalized spacial score (nSPS) is 31.3. The molecule has 1 N–H and O–H groups in total. The van der Waals surface area contributed by atoms with E-state index in [2.05, 4.69) is 5.32 Å². The molecular formula is C16H21N3O3. The van der Waals surface area contributed by atoms with Gasteiger partial charge in [-0.15, -0.1) is 0 Å². The van der Waals surface area contributed by atoms with E-state index in [4.69, 9.17) is 4.42 Å². The number of carbonyl (C=O) groups is 2. The first kappa shape index (κ1) is 13.7. The van der Waals surface area contributed by atoms with E-state index in [1.165, 1.54) is 0 Å². The number of furan rings is 1. The molecule has 118 valence electrons. The molecule has 6 heteroatoms. The number of likely N-dealkylation sites (tertiary alicyclic amines) is 1. The largest absolute Gasteiger partial charge is 0.469 e. The van der Waals surface area contributed by atoms with Crippen LogP contribution in [0.1, 0.15) is 30.9 Å². The Morgan fingerprint density at radius 2 is 2.27 bits per heavy atom. The Bertz CT molecular complexity index is 571. The summed E-state index contributed by atoms with van der Waals surface area (Å²) >= 11 is 0. The standard InChI is InChI=1S/C16H21N3O3/c20-15(13-9-12(13)14-4-2-8-22-14)18-6-1-3-11(10-18)19-7-5-17-16(19)21/h2,4,8,11-13H,1,3,5-7,9-10H2,(H,17,21)/t11-,12-,13-/m1/s1. The first-order valence-corrected chi connectivity index (χ1v) is 8.10. The highest BCUT2D eigenvalue weighted by Crippen LogP contribution is 2.48. The van der Waals surface area contributed by atoms with Crippen molar-refractivity contribution in [1.82, 2.24) is 15.1 Å². The van der Waals surface area contributed by atoms with Crippen LogP contribution in [0.25, 0.3) is 0 Å². The number of hydrogen-bond acceptors (Lipinski definition) is 3. The molecule has 1 aromatic heterocycles. The third kappa shape index (κ3) is 2.36. The van der Waals surface area contributed by atoms with Gasteiger partial charge in [0.1, 0.15) is 5.76 Å². The van der Waals surface area contributed by atoms with E-state index in [9.17, 15) is 9.59 Å². The van der Waals surface area contributed by atoms with Crippen molar-refractivity contribution in [2.45, 2.75) is 31.2 Å². The Hall–Kier alpha value is -1.98. The third-order valence-corrected chi connectivity index (χ3v) is 5.06. The van der Waals surface area contributed by atoms with Crippen LogP contribution in [0, 0.1) is 5.92 Å². The Labute approximate surface area is 129 Å². The number of hydrogen-bond donors (Lipinski definition) is 1. The predicted molar refractivity (Wildman–Crippen MR) is 79.3 cm³/mol. The monoisotopic (exact) mass is 303 g/mol. The SMILES string of the molecule is O=C([C@@H]1C[C@H]1c1ccco1)N1CCC[C@@H](N2CCNC2=O)C1. The van der Waals surface area contributed by atoms with Gasteiger partial charge in [-0.05, 0) is 31.4 Å². The molecule has 6 nitrogen and oxygen atoms in total. The maximum absolute atomic E-state index is 12.7. The van der Waals surface area contributed by atoms with Crippen LogP contribution in [-0.4, -0.2) is 54.0 Å². The number of nitrogens with zero attached hydrogens (tertiary/aromatic N) is 2. The van der Waals surface area contributed by atoms with Crippen LogP contribution in [0.5, 0.6) is 0 Å². The van der Waals surface area contributed by atoms with Gasteiger partial charge in [-0.1, -0.05) is 0 Å². The highest BCUT2D eigenvalue weighted by atomic mass is 16.3. The molecule has 0 unspecified atom stereocenters. The quantitative estimate of drug-likeness (QED) is 0.918. The molecule has 4 rings (SSSR count). The number of carbonyl (C=O) groups excluding carboxylic acids is 2. The van der Waals surface area contributed by atoms with Crippen molar-refractivity contribution in [1.29, 1.82) is 0 Å². The van der Waals surface area contributed by atoms with E-state index < -0.39 is 0 Å². The number of rotatable bonds is 3. The molecule has 2 aliphatic heterocycles. The van der Waals surface area contributed by atoms with Gasteiger partial charge in [0.25, 0.3) is 0 Å². The summed E-state index contributed by atoms with van der Waals surface area (Å²) in [5, 5.41) is 2.84. The third-order valence-electron chi connectivity index (χ3n) is 5.06. The van der Waals surface area contributed by atoms with Gasteiger partial charge in [-0.25, -0.2) is 4.79 Å². The highest BCUT2D eigenvalue weighted by molar-refractivity contribution is 5.83. The van der Waals surface area contributed by atoms with Crippen LogP contribution in [0.15, 0.2) is 22.8 Å². The second kappa shape index (κ2) is 5.34. The first-order valence-electron chi connectivity index (χ1n) is 8.10. The molecule has 1 aliphatic carbocycles. The summed E-state index contributed by atoms with van der Waals surface area (Å²) in [6.07, 6.45) is 4.51. The van der Waals surface area contributed by atoms with E-state index in [1.807, 2.05) is 21.9 Å². The maximum Gasteiger partial charge on any atom is 0.317 e. The fraction of sp³-hybridized carbons (Fsp3) is 0.625. The number of urea groups is 1. The zero-order valence-corrected chi connectivity index (χ0v) is 12.5. The lowest BCUT2D eigenvalue weighted by Crippen LogP contribution is -2.51. The number of piperidine rings is 1. The van der Waals surface area contributed by atoms with Crippen LogP contribution in [-0.2, 0) is 4.79 Å². The zero-order chi connectivity index (χ0) is 15.1. The summed E-state index contributed by atoms with van der Waals surface area (Å²) in [6.45, 7) is 2.95. The van der Waals surface area contributed by atoms with E-state index in [1.54, 1.807) is 6.26 Å². The van der Waals surface area contributed by atoms with Gasteiger partial charge in [0, 0.05) is 38.0 Å². The Morgan fingerprint density at radius 1 is 1.36 bits per heavy atom. The molecule has 1 aromatic rings. The molecule has 0 bridgehead atoms. The van der Waals surface area contributed by atoms with E-state index in [-0.39, 0.29) is 29.8 Å². The number of nitrogens with one attached hydrogen (secondary N) is 1. The van der Waals surface area contributed by atoms with Crippen LogP contribution in [0.3, 0.4) is 0 Å². The fourth-order valence-corrected chi connectivity index (χ4v) is 3.76. The summed E-state index contributed by atoms with van der Waals surface area (Å²) in [6, 6.07) is 4.00. The maximum atomic E-state index is 12.7. The molecule has 1 saturated carbocycles. The van der Waals surface area contributed by atoms with E-state index in [0.717, 1.165) is 38.1 Å². The lowest BCUT2D eigenvalue weighted by Gasteiger charge is -2.37. The minimum absolute atomic E-state index is 0.0131. The molecule has 22 heavy (non-hydrogen) atoms. The van der Waals surface area contributed by atoms with Crippen molar-refractivity contribution in [2.24, 2.45) is 5.92 Å². The van der Waals surface area contributed by atoms with Crippen molar-refractivity contribution in [2.75, 3.05) is 26.2 Å². The molecule has 0 radical (unpaired) electrons. The van der Waals surface area contributed by atoms with Crippen LogP contribution in [0.2, 0.25) is 0 Å². The topological polar surface area (TPSA) is 65.8 Å². The lowest BCUT2D eigenvalue weighted by atomic mass is 10.0. The molecule has 3 fully saturated rings. The van der Waals surface area contributed by atoms with Gasteiger partial charge in [-0.2, -0.15) is 0 Å². The highest BCUT2D eigenvalue weighted by Gasteiger charge is 2.48. The second-order valence-electron chi connectivity index (χ2n) is 6.47. The molecule has 3 atom stereocenters. The summed E-state index contributed by atoms with van der Waals surface area (Å²) < 4.78 is 5.41. The predicted octanol–water partition coefficient (Wildman–Crippen LogP) is 1.40. The Kier molecular flexibility index (Phi) is 3.32. The van der Waals surface area contributed by atoms with Gasteiger partial charge in [0.2, 0.25) is 5.91 Å². The van der Waals surface area contributed by atoms with Gasteiger partial charge in [0.05, 0.1) is 12.3 Å². The molecule has 3 heterocycles. The van der Waals surface area contributed by atoms with Crippen molar-refractivity contribution in [3.05, 3.63) is 24.2 Å². The summed E-state index contributed by atoms with van der Waals surface area (Å²) in [5.41, 5.74) is 0. The van der Waals surface area contributed by atoms with Crippen molar-refractivity contribution in [3.63, 3.8) is 0 Å². The van der Waals surface area contributed by atoms with E-state index in [0.29, 0.717) is 13.1 Å². The zero-order valence-electron chi connectivity index (χ0n) is 12.5. The van der Waals surface area contributed by atoms with Crippen molar-refractivity contribution < 1.29 is 14.0 Å². The van der Waals surface area contributed by atoms with Gasteiger partial charge >= 0.3 is 6.03 Å². The number of amides is 3. The average molecular weight is 303 g/mol. The summed E-state index contributed by atoms with van der Waals surface area (Å²) in [5.74, 6) is 1.46. The molecule has 0 aromatic carbocycles. The molecule has 3 amide bonds. The molecule has 0 spiro atoms. The smallest absolute Gasteiger partial charge is 0.317 e. The Balaban J connectivity index is 1.38. The minimum Gasteiger partial charge on any atom is -0.469 e. The summed E-state index contributed by atoms with van der Waals surface area (Å²) in [4.78, 5) is 28.3. The van der Waals surface area contributed by atoms with Gasteiger partial charge < -0.3 is 19.5 Å². The Morgan fingerprint density at radius 3 is 3.00 bits per heavy atom. The minimum atomic E-state index is 0.0131.